The van der Waals surface area contributed by atoms with Gasteiger partial charge in [0, 0.05) is 18.7 Å². The van der Waals surface area contributed by atoms with Crippen LogP contribution in [0.15, 0.2) is 24.3 Å². The van der Waals surface area contributed by atoms with E-state index in [1.54, 1.807) is 36.1 Å². The number of hydrogen-bond acceptors (Lipinski definition) is 5. The minimum atomic E-state index is -0.617. The molecule has 2 amide bonds. The monoisotopic (exact) mass is 404 g/mol. The van der Waals surface area contributed by atoms with Crippen molar-refractivity contribution in [3.8, 4) is 5.75 Å². The van der Waals surface area contributed by atoms with E-state index in [1.807, 2.05) is 20.8 Å². The molecular formula is C22H32N2O5. The van der Waals surface area contributed by atoms with Crippen LogP contribution >= 0.6 is 0 Å². The van der Waals surface area contributed by atoms with Crippen molar-refractivity contribution < 1.29 is 23.9 Å². The zero-order chi connectivity index (χ0) is 21.4. The van der Waals surface area contributed by atoms with Crippen LogP contribution in [-0.2, 0) is 14.3 Å². The second-order valence-corrected chi connectivity index (χ2v) is 7.50. The number of benzene rings is 1. The van der Waals surface area contributed by atoms with Gasteiger partial charge in [0.2, 0.25) is 5.91 Å². The fraction of sp³-hybridized carbons (Fsp3) is 0.591. The second-order valence-electron chi connectivity index (χ2n) is 7.50. The van der Waals surface area contributed by atoms with E-state index in [0.717, 1.165) is 0 Å². The van der Waals surface area contributed by atoms with E-state index in [-0.39, 0.29) is 29.6 Å². The van der Waals surface area contributed by atoms with Crippen LogP contribution in [0.4, 0.5) is 0 Å². The molecule has 1 saturated heterocycles. The first-order chi connectivity index (χ1) is 13.9. The second kappa shape index (κ2) is 10.8. The molecule has 1 atom stereocenters. The molecule has 7 nitrogen and oxygen atoms in total. The number of nitrogens with one attached hydrogen (secondary N) is 1. The highest BCUT2D eigenvalue weighted by Gasteiger charge is 2.33. The zero-order valence-electron chi connectivity index (χ0n) is 17.8. The fourth-order valence-corrected chi connectivity index (χ4v) is 3.40. The van der Waals surface area contributed by atoms with Crippen LogP contribution in [0.25, 0.3) is 0 Å². The molecule has 1 heterocycles. The maximum Gasteiger partial charge on any atom is 0.309 e. The number of ether oxygens (including phenoxy) is 2. The molecule has 160 valence electrons. The van der Waals surface area contributed by atoms with Crippen molar-refractivity contribution in [2.24, 2.45) is 11.8 Å². The first-order valence-electron chi connectivity index (χ1n) is 10.4. The molecule has 1 unspecified atom stereocenters. The molecule has 2 rings (SSSR count). The Morgan fingerprint density at radius 1 is 1.07 bits per heavy atom. The van der Waals surface area contributed by atoms with Gasteiger partial charge in [-0.3, -0.25) is 14.4 Å². The SMILES string of the molecule is CCOC(=O)C1CCN(C(=O)C(NC(=O)c2ccc(OCC)cc2)C(C)C)CC1. The number of carbonyl (C=O) groups is 3. The molecule has 0 bridgehead atoms. The highest BCUT2D eigenvalue weighted by atomic mass is 16.5. The minimum absolute atomic E-state index is 0.0584. The lowest BCUT2D eigenvalue weighted by molar-refractivity contribution is -0.151. The molecule has 0 radical (unpaired) electrons. The van der Waals surface area contributed by atoms with Crippen LogP contribution in [0.5, 0.6) is 5.75 Å². The molecule has 7 heteroatoms. The Bertz CT molecular complexity index is 694. The van der Waals surface area contributed by atoms with Gasteiger partial charge in [0.1, 0.15) is 11.8 Å². The summed E-state index contributed by atoms with van der Waals surface area (Å²) in [5.74, 6) is -0.108. The highest BCUT2D eigenvalue weighted by Crippen LogP contribution is 2.21. The molecule has 1 aromatic rings. The lowest BCUT2D eigenvalue weighted by Gasteiger charge is -2.34. The summed E-state index contributed by atoms with van der Waals surface area (Å²) in [4.78, 5) is 39.3. The topological polar surface area (TPSA) is 84.9 Å². The van der Waals surface area contributed by atoms with Crippen LogP contribution in [0, 0.1) is 11.8 Å². The van der Waals surface area contributed by atoms with E-state index < -0.39 is 6.04 Å². The minimum Gasteiger partial charge on any atom is -0.494 e. The summed E-state index contributed by atoms with van der Waals surface area (Å²) in [5.41, 5.74) is 0.480. The lowest BCUT2D eigenvalue weighted by Crippen LogP contribution is -2.53. The van der Waals surface area contributed by atoms with Crippen molar-refractivity contribution in [3.63, 3.8) is 0 Å². The summed E-state index contributed by atoms with van der Waals surface area (Å²) >= 11 is 0. The van der Waals surface area contributed by atoms with Gasteiger partial charge in [0.15, 0.2) is 0 Å². The van der Waals surface area contributed by atoms with Gasteiger partial charge in [-0.15, -0.1) is 0 Å². The molecular weight excluding hydrogens is 372 g/mol. The number of esters is 1. The van der Waals surface area contributed by atoms with E-state index in [4.69, 9.17) is 9.47 Å². The standard InChI is InChI=1S/C22H32N2O5/c1-5-28-18-9-7-16(8-10-18)20(25)23-19(15(3)4)21(26)24-13-11-17(12-14-24)22(27)29-6-2/h7-10,15,17,19H,5-6,11-14H2,1-4H3,(H,23,25). The van der Waals surface area contributed by atoms with Crippen LogP contribution in [0.2, 0.25) is 0 Å². The molecule has 1 aromatic carbocycles. The molecule has 1 fully saturated rings. The number of nitrogens with zero attached hydrogens (tertiary/aromatic N) is 1. The molecule has 0 aliphatic carbocycles. The third kappa shape index (κ3) is 6.21. The van der Waals surface area contributed by atoms with E-state index >= 15 is 0 Å². The summed E-state index contributed by atoms with van der Waals surface area (Å²) in [5, 5.41) is 2.87. The quantitative estimate of drug-likeness (QED) is 0.674. The lowest BCUT2D eigenvalue weighted by atomic mass is 9.95. The number of likely N-dealkylation sites (tertiary alicyclic amines) is 1. The van der Waals surface area contributed by atoms with Gasteiger partial charge in [-0.2, -0.15) is 0 Å². The van der Waals surface area contributed by atoms with Gasteiger partial charge in [-0.25, -0.2) is 0 Å². The maximum absolute atomic E-state index is 13.0. The number of hydrogen-bond donors (Lipinski definition) is 1. The van der Waals surface area contributed by atoms with Gasteiger partial charge in [-0.1, -0.05) is 13.8 Å². The van der Waals surface area contributed by atoms with E-state index in [9.17, 15) is 14.4 Å². The van der Waals surface area contributed by atoms with E-state index in [0.29, 0.717) is 50.5 Å². The number of amides is 2. The first kappa shape index (κ1) is 22.7. The Labute approximate surface area is 172 Å². The summed E-state index contributed by atoms with van der Waals surface area (Å²) in [6.45, 7) is 9.41. The molecule has 29 heavy (non-hydrogen) atoms. The normalized spacial score (nSPS) is 15.7. The van der Waals surface area contributed by atoms with E-state index in [2.05, 4.69) is 5.32 Å². The molecule has 1 aliphatic rings. The summed E-state index contributed by atoms with van der Waals surface area (Å²) in [6, 6.07) is 6.24. The van der Waals surface area contributed by atoms with Crippen molar-refractivity contribution in [1.29, 1.82) is 0 Å². The van der Waals surface area contributed by atoms with Crippen molar-refractivity contribution in [2.75, 3.05) is 26.3 Å². The molecule has 1 aliphatic heterocycles. The Hall–Kier alpha value is -2.57. The Morgan fingerprint density at radius 2 is 1.69 bits per heavy atom. The van der Waals surface area contributed by atoms with Crippen LogP contribution < -0.4 is 10.1 Å². The van der Waals surface area contributed by atoms with Crippen molar-refractivity contribution >= 4 is 17.8 Å². The number of piperidine rings is 1. The molecule has 0 aromatic heterocycles. The number of rotatable bonds is 8. The Balaban J connectivity index is 1.97. The summed E-state index contributed by atoms with van der Waals surface area (Å²) in [6.07, 6.45) is 1.17. The summed E-state index contributed by atoms with van der Waals surface area (Å²) < 4.78 is 10.5. The van der Waals surface area contributed by atoms with Gasteiger partial charge < -0.3 is 19.7 Å². The summed E-state index contributed by atoms with van der Waals surface area (Å²) in [7, 11) is 0. The third-order valence-electron chi connectivity index (χ3n) is 5.07. The average molecular weight is 405 g/mol. The molecule has 1 N–H and O–H groups in total. The first-order valence-corrected chi connectivity index (χ1v) is 10.4. The highest BCUT2D eigenvalue weighted by molar-refractivity contribution is 5.97. The van der Waals surface area contributed by atoms with Crippen LogP contribution in [0.3, 0.4) is 0 Å². The predicted molar refractivity (Wildman–Crippen MR) is 110 cm³/mol. The van der Waals surface area contributed by atoms with Crippen molar-refractivity contribution in [3.05, 3.63) is 29.8 Å². The van der Waals surface area contributed by atoms with Crippen LogP contribution in [-0.4, -0.2) is 55.0 Å². The molecule has 0 saturated carbocycles. The van der Waals surface area contributed by atoms with Crippen LogP contribution in [0.1, 0.15) is 50.9 Å². The van der Waals surface area contributed by atoms with Gasteiger partial charge in [-0.05, 0) is 56.9 Å². The predicted octanol–water partition coefficient (Wildman–Crippen LogP) is 2.64. The van der Waals surface area contributed by atoms with Gasteiger partial charge in [0.25, 0.3) is 5.91 Å². The maximum atomic E-state index is 13.0. The fourth-order valence-electron chi connectivity index (χ4n) is 3.40. The largest absolute Gasteiger partial charge is 0.494 e. The average Bonchev–Trinajstić information content (AvgIpc) is 2.72. The van der Waals surface area contributed by atoms with Crippen molar-refractivity contribution in [1.82, 2.24) is 10.2 Å². The zero-order valence-corrected chi connectivity index (χ0v) is 17.8. The Morgan fingerprint density at radius 3 is 2.21 bits per heavy atom. The molecule has 0 spiro atoms. The van der Waals surface area contributed by atoms with Crippen molar-refractivity contribution in [2.45, 2.75) is 46.6 Å². The third-order valence-corrected chi connectivity index (χ3v) is 5.07. The van der Waals surface area contributed by atoms with E-state index in [1.165, 1.54) is 0 Å². The van der Waals surface area contributed by atoms with Gasteiger partial charge in [0.05, 0.1) is 19.1 Å². The number of carbonyl (C=O) groups excluding carboxylic acids is 3. The smallest absolute Gasteiger partial charge is 0.309 e. The Kier molecular flexibility index (Phi) is 8.49. The van der Waals surface area contributed by atoms with Gasteiger partial charge >= 0.3 is 5.97 Å².